The predicted octanol–water partition coefficient (Wildman–Crippen LogP) is 2.21. The van der Waals surface area contributed by atoms with Gasteiger partial charge in [0.15, 0.2) is 0 Å². The van der Waals surface area contributed by atoms with Crippen LogP contribution in [0.5, 0.6) is 0 Å². The van der Waals surface area contributed by atoms with Crippen molar-refractivity contribution in [2.24, 2.45) is 5.92 Å². The summed E-state index contributed by atoms with van der Waals surface area (Å²) in [6.45, 7) is 2.09. The molecule has 2 heterocycles. The highest BCUT2D eigenvalue weighted by Crippen LogP contribution is 2.30. The van der Waals surface area contributed by atoms with Crippen molar-refractivity contribution in [3.8, 4) is 0 Å². The summed E-state index contributed by atoms with van der Waals surface area (Å²) in [5, 5.41) is 3.70. The van der Waals surface area contributed by atoms with Crippen molar-refractivity contribution in [2.45, 2.75) is 12.8 Å². The van der Waals surface area contributed by atoms with E-state index in [4.69, 9.17) is 11.6 Å². The lowest BCUT2D eigenvalue weighted by molar-refractivity contribution is -0.124. The first kappa shape index (κ1) is 16.6. The number of para-hydroxylation sites is 1. The third-order valence-electron chi connectivity index (χ3n) is 4.31. The summed E-state index contributed by atoms with van der Waals surface area (Å²) in [6, 6.07) is 11.0. The van der Waals surface area contributed by atoms with Crippen molar-refractivity contribution in [1.29, 1.82) is 0 Å². The van der Waals surface area contributed by atoms with E-state index in [2.05, 4.69) is 15.2 Å². The third kappa shape index (κ3) is 3.97. The van der Waals surface area contributed by atoms with Gasteiger partial charge in [-0.05, 0) is 30.5 Å². The van der Waals surface area contributed by atoms with Gasteiger partial charge >= 0.3 is 0 Å². The van der Waals surface area contributed by atoms with E-state index in [-0.39, 0.29) is 17.4 Å². The Morgan fingerprint density at radius 2 is 2.12 bits per heavy atom. The van der Waals surface area contributed by atoms with Crippen LogP contribution in [-0.2, 0) is 11.2 Å². The Morgan fingerprint density at radius 1 is 1.29 bits per heavy atom. The fraction of sp³-hybridized carbons (Fsp3) is 0.333. The normalized spacial score (nSPS) is 17.0. The number of hydrogen-bond donors (Lipinski definition) is 2. The highest BCUT2D eigenvalue weighted by Gasteiger charge is 2.28. The maximum atomic E-state index is 12.3. The fourth-order valence-electron chi connectivity index (χ4n) is 2.97. The first-order valence-electron chi connectivity index (χ1n) is 8.08. The Morgan fingerprint density at radius 3 is 2.88 bits per heavy atom. The van der Waals surface area contributed by atoms with Crippen LogP contribution in [-0.4, -0.2) is 30.5 Å². The van der Waals surface area contributed by atoms with Gasteiger partial charge in [0.25, 0.3) is 0 Å². The molecule has 0 spiro atoms. The number of carbonyl (C=O) groups excluding carboxylic acids is 1. The van der Waals surface area contributed by atoms with Crippen LogP contribution in [0.1, 0.15) is 12.0 Å². The number of rotatable bonds is 5. The molecule has 1 aliphatic heterocycles. The van der Waals surface area contributed by atoms with Crippen LogP contribution in [0.3, 0.4) is 0 Å². The number of pyridine rings is 1. The van der Waals surface area contributed by atoms with Crippen LogP contribution in [0.25, 0.3) is 0 Å². The smallest absolute Gasteiger partial charge is 0.247 e. The van der Waals surface area contributed by atoms with Crippen LogP contribution in [0.4, 0.5) is 5.69 Å². The molecular weight excluding hydrogens is 326 g/mol. The minimum absolute atomic E-state index is 0.0168. The largest absolute Gasteiger partial charge is 0.370 e. The van der Waals surface area contributed by atoms with Gasteiger partial charge in [-0.25, -0.2) is 0 Å². The zero-order chi connectivity index (χ0) is 16.9. The summed E-state index contributed by atoms with van der Waals surface area (Å²) < 4.78 is 0. The van der Waals surface area contributed by atoms with Gasteiger partial charge in [0, 0.05) is 31.9 Å². The second kappa shape index (κ2) is 7.53. The number of benzene rings is 1. The summed E-state index contributed by atoms with van der Waals surface area (Å²) in [7, 11) is 0. The Balaban J connectivity index is 1.49. The van der Waals surface area contributed by atoms with Crippen LogP contribution in [0.2, 0.25) is 5.02 Å². The van der Waals surface area contributed by atoms with Gasteiger partial charge in [0.2, 0.25) is 11.5 Å². The van der Waals surface area contributed by atoms with Gasteiger partial charge in [-0.1, -0.05) is 29.8 Å². The Kier molecular flexibility index (Phi) is 5.20. The van der Waals surface area contributed by atoms with E-state index in [0.29, 0.717) is 19.5 Å². The standard InChI is InChI=1S/C18H20ClN3O2/c19-15-3-1-2-4-16(15)22-10-8-14(12-22)18(24)20-9-7-13-5-6-17(23)21-11-13/h1-6,11,14H,7-10,12H2,(H,20,24)(H,21,23). The molecule has 1 aromatic carbocycles. The van der Waals surface area contributed by atoms with Crippen LogP contribution in [0.15, 0.2) is 47.4 Å². The number of aromatic nitrogens is 1. The highest BCUT2D eigenvalue weighted by atomic mass is 35.5. The Labute approximate surface area is 145 Å². The Hall–Kier alpha value is -2.27. The van der Waals surface area contributed by atoms with Crippen molar-refractivity contribution in [3.05, 3.63) is 63.5 Å². The van der Waals surface area contributed by atoms with E-state index in [0.717, 1.165) is 29.2 Å². The summed E-state index contributed by atoms with van der Waals surface area (Å²) in [4.78, 5) is 28.1. The molecule has 0 aliphatic carbocycles. The quantitative estimate of drug-likeness (QED) is 0.873. The number of carbonyl (C=O) groups is 1. The lowest BCUT2D eigenvalue weighted by Crippen LogP contribution is -2.34. The van der Waals surface area contributed by atoms with Gasteiger partial charge < -0.3 is 15.2 Å². The maximum absolute atomic E-state index is 12.3. The maximum Gasteiger partial charge on any atom is 0.247 e. The number of H-pyrrole nitrogens is 1. The molecule has 5 nitrogen and oxygen atoms in total. The number of aromatic amines is 1. The molecule has 1 saturated heterocycles. The molecular formula is C18H20ClN3O2. The summed E-state index contributed by atoms with van der Waals surface area (Å²) in [5.74, 6) is 0.0610. The molecule has 1 fully saturated rings. The molecule has 6 heteroatoms. The monoisotopic (exact) mass is 345 g/mol. The van der Waals surface area contributed by atoms with E-state index in [1.807, 2.05) is 24.3 Å². The number of anilines is 1. The molecule has 1 atom stereocenters. The minimum atomic E-state index is -0.117. The average molecular weight is 346 g/mol. The number of nitrogens with one attached hydrogen (secondary N) is 2. The fourth-order valence-corrected chi connectivity index (χ4v) is 3.23. The van der Waals surface area contributed by atoms with E-state index < -0.39 is 0 Å². The third-order valence-corrected chi connectivity index (χ3v) is 4.63. The first-order valence-corrected chi connectivity index (χ1v) is 8.46. The van der Waals surface area contributed by atoms with Crippen molar-refractivity contribution >= 4 is 23.2 Å². The second-order valence-electron chi connectivity index (χ2n) is 5.99. The second-order valence-corrected chi connectivity index (χ2v) is 6.39. The van der Waals surface area contributed by atoms with Crippen LogP contribution >= 0.6 is 11.6 Å². The molecule has 3 rings (SSSR count). The number of halogens is 1. The number of amides is 1. The zero-order valence-corrected chi connectivity index (χ0v) is 14.1. The van der Waals surface area contributed by atoms with Crippen molar-refractivity contribution in [3.63, 3.8) is 0 Å². The molecule has 1 aliphatic rings. The van der Waals surface area contributed by atoms with Crippen molar-refractivity contribution in [1.82, 2.24) is 10.3 Å². The molecule has 1 unspecified atom stereocenters. The van der Waals surface area contributed by atoms with E-state index >= 15 is 0 Å². The lowest BCUT2D eigenvalue weighted by atomic mass is 10.1. The average Bonchev–Trinajstić information content (AvgIpc) is 3.07. The summed E-state index contributed by atoms with van der Waals surface area (Å²) in [6.07, 6.45) is 3.21. The predicted molar refractivity (Wildman–Crippen MR) is 95.5 cm³/mol. The van der Waals surface area contributed by atoms with E-state index in [1.54, 1.807) is 12.3 Å². The lowest BCUT2D eigenvalue weighted by Gasteiger charge is -2.19. The van der Waals surface area contributed by atoms with Crippen molar-refractivity contribution < 1.29 is 4.79 Å². The van der Waals surface area contributed by atoms with Gasteiger partial charge in [0.1, 0.15) is 0 Å². The summed E-state index contributed by atoms with van der Waals surface area (Å²) >= 11 is 6.23. The van der Waals surface area contributed by atoms with Crippen LogP contribution < -0.4 is 15.8 Å². The Bertz CT molecular complexity index is 754. The van der Waals surface area contributed by atoms with Crippen molar-refractivity contribution in [2.75, 3.05) is 24.5 Å². The minimum Gasteiger partial charge on any atom is -0.370 e. The highest BCUT2D eigenvalue weighted by molar-refractivity contribution is 6.33. The molecule has 1 amide bonds. The number of nitrogens with zero attached hydrogens (tertiary/aromatic N) is 1. The SMILES string of the molecule is O=C(NCCc1ccc(=O)[nH]c1)C1CCN(c2ccccc2Cl)C1. The number of hydrogen-bond acceptors (Lipinski definition) is 3. The van der Waals surface area contributed by atoms with E-state index in [9.17, 15) is 9.59 Å². The molecule has 2 aromatic rings. The topological polar surface area (TPSA) is 65.2 Å². The molecule has 0 saturated carbocycles. The molecule has 2 N–H and O–H groups in total. The molecule has 0 radical (unpaired) electrons. The zero-order valence-electron chi connectivity index (χ0n) is 13.3. The van der Waals surface area contributed by atoms with Gasteiger partial charge in [-0.3, -0.25) is 9.59 Å². The van der Waals surface area contributed by atoms with Gasteiger partial charge in [-0.15, -0.1) is 0 Å². The summed E-state index contributed by atoms with van der Waals surface area (Å²) in [5.41, 5.74) is 1.87. The molecule has 1 aromatic heterocycles. The van der Waals surface area contributed by atoms with Crippen LogP contribution in [0, 0.1) is 5.92 Å². The van der Waals surface area contributed by atoms with Gasteiger partial charge in [-0.2, -0.15) is 0 Å². The molecule has 0 bridgehead atoms. The van der Waals surface area contributed by atoms with Gasteiger partial charge in [0.05, 0.1) is 16.6 Å². The first-order chi connectivity index (χ1) is 11.6. The van der Waals surface area contributed by atoms with E-state index in [1.165, 1.54) is 6.07 Å². The molecule has 126 valence electrons. The molecule has 24 heavy (non-hydrogen) atoms.